The van der Waals surface area contributed by atoms with Crippen LogP contribution in [0.4, 0.5) is 5.69 Å². The summed E-state index contributed by atoms with van der Waals surface area (Å²) in [5.74, 6) is 0.545. The Morgan fingerprint density at radius 1 is 1.06 bits per heavy atom. The number of carbonyl (C=O) groups excluding carboxylic acids is 1. The van der Waals surface area contributed by atoms with Crippen molar-refractivity contribution < 1.29 is 14.3 Å². The molecule has 0 aliphatic carbocycles. The Balaban J connectivity index is 1.81. The summed E-state index contributed by atoms with van der Waals surface area (Å²) < 4.78 is 13.0. The van der Waals surface area contributed by atoms with E-state index in [1.165, 1.54) is 13.2 Å². The fourth-order valence-electron chi connectivity index (χ4n) is 2.70. The number of carbonyl (C=O) groups is 1. The third kappa shape index (κ3) is 6.20. The number of benzene rings is 3. The van der Waals surface area contributed by atoms with Crippen LogP contribution in [0.15, 0.2) is 81.2 Å². The van der Waals surface area contributed by atoms with Gasteiger partial charge in [-0.05, 0) is 53.6 Å². The van der Waals surface area contributed by atoms with E-state index in [-0.39, 0.29) is 5.57 Å². The van der Waals surface area contributed by atoms with E-state index < -0.39 is 5.91 Å². The van der Waals surface area contributed by atoms with E-state index in [2.05, 4.69) is 37.2 Å². The van der Waals surface area contributed by atoms with Gasteiger partial charge >= 0.3 is 0 Å². The summed E-state index contributed by atoms with van der Waals surface area (Å²) in [5, 5.41) is 12.2. The van der Waals surface area contributed by atoms with E-state index >= 15 is 0 Å². The maximum absolute atomic E-state index is 12.5. The molecule has 0 unspecified atom stereocenters. The summed E-state index contributed by atoms with van der Waals surface area (Å²) in [6, 6.07) is 22.2. The number of methoxy groups -OCH3 is 1. The van der Waals surface area contributed by atoms with Crippen LogP contribution >= 0.6 is 31.9 Å². The SMILES string of the molecule is COc1cc(/C=C(\C#N)C(=O)Nc2ccccc2)c(Br)cc1OCc1ccc(Br)cc1. The minimum atomic E-state index is -0.491. The highest BCUT2D eigenvalue weighted by Crippen LogP contribution is 2.35. The number of hydrogen-bond acceptors (Lipinski definition) is 4. The average Bonchev–Trinajstić information content (AvgIpc) is 2.78. The standard InChI is InChI=1S/C24H18Br2N2O3/c1-30-22-12-17(11-18(14-27)24(29)28-20-5-3-2-4-6-20)21(26)13-23(22)31-15-16-7-9-19(25)10-8-16/h2-13H,15H2,1H3,(H,28,29)/b18-11+. The molecule has 0 fully saturated rings. The number of hydrogen-bond donors (Lipinski definition) is 1. The smallest absolute Gasteiger partial charge is 0.266 e. The minimum Gasteiger partial charge on any atom is -0.493 e. The summed E-state index contributed by atoms with van der Waals surface area (Å²) in [6.07, 6.45) is 1.50. The van der Waals surface area contributed by atoms with Crippen LogP contribution in [0.1, 0.15) is 11.1 Å². The van der Waals surface area contributed by atoms with Crippen LogP contribution in [0.25, 0.3) is 6.08 Å². The van der Waals surface area contributed by atoms with Crippen molar-refractivity contribution in [2.24, 2.45) is 0 Å². The average molecular weight is 542 g/mol. The van der Waals surface area contributed by atoms with E-state index in [0.29, 0.717) is 33.8 Å². The summed E-state index contributed by atoms with van der Waals surface area (Å²) in [5.41, 5.74) is 2.21. The summed E-state index contributed by atoms with van der Waals surface area (Å²) in [6.45, 7) is 0.369. The molecule has 1 amide bonds. The van der Waals surface area contributed by atoms with Crippen LogP contribution in [0.3, 0.4) is 0 Å². The van der Waals surface area contributed by atoms with Crippen molar-refractivity contribution in [3.63, 3.8) is 0 Å². The van der Waals surface area contributed by atoms with Crippen LogP contribution in [-0.2, 0) is 11.4 Å². The zero-order valence-corrected chi connectivity index (χ0v) is 19.7. The molecule has 0 spiro atoms. The summed E-state index contributed by atoms with van der Waals surface area (Å²) in [7, 11) is 1.54. The molecule has 0 aliphatic rings. The topological polar surface area (TPSA) is 71.3 Å². The predicted molar refractivity (Wildman–Crippen MR) is 128 cm³/mol. The molecule has 3 aromatic rings. The lowest BCUT2D eigenvalue weighted by atomic mass is 10.1. The molecule has 0 aliphatic heterocycles. The van der Waals surface area contributed by atoms with Gasteiger partial charge in [-0.15, -0.1) is 0 Å². The Morgan fingerprint density at radius 2 is 1.77 bits per heavy atom. The lowest BCUT2D eigenvalue weighted by Gasteiger charge is -2.13. The first-order valence-corrected chi connectivity index (χ1v) is 10.8. The van der Waals surface area contributed by atoms with E-state index in [1.54, 1.807) is 36.4 Å². The van der Waals surface area contributed by atoms with Gasteiger partial charge < -0.3 is 14.8 Å². The van der Waals surface area contributed by atoms with Gasteiger partial charge in [-0.1, -0.05) is 62.2 Å². The molecule has 0 aromatic heterocycles. The Labute approximate surface area is 197 Å². The van der Waals surface area contributed by atoms with Gasteiger partial charge in [0.05, 0.1) is 7.11 Å². The van der Waals surface area contributed by atoms with E-state index in [0.717, 1.165) is 10.0 Å². The highest BCUT2D eigenvalue weighted by molar-refractivity contribution is 9.10. The number of halogens is 2. The molecule has 5 nitrogen and oxygen atoms in total. The van der Waals surface area contributed by atoms with Crippen LogP contribution in [0.5, 0.6) is 11.5 Å². The fourth-order valence-corrected chi connectivity index (χ4v) is 3.40. The normalized spacial score (nSPS) is 10.8. The Hall–Kier alpha value is -3.08. The first kappa shape index (κ1) is 22.6. The molecule has 0 saturated heterocycles. The summed E-state index contributed by atoms with van der Waals surface area (Å²) >= 11 is 6.90. The third-order valence-corrected chi connectivity index (χ3v) is 5.50. The van der Waals surface area contributed by atoms with Crippen molar-refractivity contribution in [1.82, 2.24) is 0 Å². The van der Waals surface area contributed by atoms with Crippen molar-refractivity contribution in [3.05, 3.63) is 92.4 Å². The molecule has 3 rings (SSSR count). The Kier molecular flexibility index (Phi) is 7.88. The molecule has 3 aromatic carbocycles. The van der Waals surface area contributed by atoms with Gasteiger partial charge in [0.15, 0.2) is 11.5 Å². The number of para-hydroxylation sites is 1. The largest absolute Gasteiger partial charge is 0.493 e. The van der Waals surface area contributed by atoms with Crippen molar-refractivity contribution in [2.45, 2.75) is 6.61 Å². The fraction of sp³-hybridized carbons (Fsp3) is 0.0833. The molecule has 31 heavy (non-hydrogen) atoms. The number of ether oxygens (including phenoxy) is 2. The third-order valence-electron chi connectivity index (χ3n) is 4.29. The molecule has 0 atom stereocenters. The maximum Gasteiger partial charge on any atom is 0.266 e. The van der Waals surface area contributed by atoms with Gasteiger partial charge in [-0.2, -0.15) is 5.26 Å². The monoisotopic (exact) mass is 540 g/mol. The molecular weight excluding hydrogens is 524 g/mol. The molecule has 0 saturated carbocycles. The lowest BCUT2D eigenvalue weighted by molar-refractivity contribution is -0.112. The van der Waals surface area contributed by atoms with E-state index in [4.69, 9.17) is 9.47 Å². The van der Waals surface area contributed by atoms with Crippen LogP contribution in [-0.4, -0.2) is 13.0 Å². The van der Waals surface area contributed by atoms with Gasteiger partial charge in [0.25, 0.3) is 5.91 Å². The second kappa shape index (κ2) is 10.8. The van der Waals surface area contributed by atoms with Crippen LogP contribution < -0.4 is 14.8 Å². The quantitative estimate of drug-likeness (QED) is 0.279. The van der Waals surface area contributed by atoms with Crippen LogP contribution in [0, 0.1) is 11.3 Å². The van der Waals surface area contributed by atoms with Gasteiger partial charge in [0.1, 0.15) is 18.2 Å². The highest BCUT2D eigenvalue weighted by Gasteiger charge is 2.14. The molecule has 0 heterocycles. The van der Waals surface area contributed by atoms with Crippen molar-refractivity contribution >= 4 is 49.5 Å². The number of rotatable bonds is 7. The second-order valence-electron chi connectivity index (χ2n) is 6.43. The van der Waals surface area contributed by atoms with Gasteiger partial charge in [-0.25, -0.2) is 0 Å². The van der Waals surface area contributed by atoms with Gasteiger partial charge in [-0.3, -0.25) is 4.79 Å². The lowest BCUT2D eigenvalue weighted by Crippen LogP contribution is -2.13. The zero-order chi connectivity index (χ0) is 22.2. The van der Waals surface area contributed by atoms with Crippen molar-refractivity contribution in [3.8, 4) is 17.6 Å². The van der Waals surface area contributed by atoms with Crippen molar-refractivity contribution in [1.29, 1.82) is 5.26 Å². The molecule has 0 bridgehead atoms. The highest BCUT2D eigenvalue weighted by atomic mass is 79.9. The number of nitrogens with one attached hydrogen (secondary N) is 1. The molecule has 7 heteroatoms. The number of amides is 1. The van der Waals surface area contributed by atoms with E-state index in [1.807, 2.05) is 36.4 Å². The number of anilines is 1. The minimum absolute atomic E-state index is 0.0323. The van der Waals surface area contributed by atoms with Crippen molar-refractivity contribution in [2.75, 3.05) is 12.4 Å². The van der Waals surface area contributed by atoms with Gasteiger partial charge in [0.2, 0.25) is 0 Å². The number of nitriles is 1. The zero-order valence-electron chi connectivity index (χ0n) is 16.6. The second-order valence-corrected chi connectivity index (χ2v) is 8.20. The Morgan fingerprint density at radius 3 is 2.42 bits per heavy atom. The molecule has 0 radical (unpaired) electrons. The van der Waals surface area contributed by atoms with E-state index in [9.17, 15) is 10.1 Å². The molecular formula is C24H18Br2N2O3. The van der Waals surface area contributed by atoms with Crippen LogP contribution in [0.2, 0.25) is 0 Å². The predicted octanol–water partition coefficient (Wildman–Crippen LogP) is 6.34. The maximum atomic E-state index is 12.5. The Bertz CT molecular complexity index is 1140. The molecule has 156 valence electrons. The molecule has 1 N–H and O–H groups in total. The first-order valence-electron chi connectivity index (χ1n) is 9.23. The van der Waals surface area contributed by atoms with Gasteiger partial charge in [0, 0.05) is 14.6 Å². The summed E-state index contributed by atoms with van der Waals surface area (Å²) in [4.78, 5) is 12.5. The number of nitrogens with zero attached hydrogens (tertiary/aromatic N) is 1. The first-order chi connectivity index (χ1) is 15.0.